The molecule has 1 amide bonds. The van der Waals surface area contributed by atoms with E-state index >= 15 is 0 Å². The smallest absolute Gasteiger partial charge is 0.220 e. The van der Waals surface area contributed by atoms with Gasteiger partial charge in [-0.25, -0.2) is 0 Å². The minimum atomic E-state index is -0.334. The zero-order valence-electron chi connectivity index (χ0n) is 12.8. The number of rotatable bonds is 5. The molecule has 116 valence electrons. The number of amides is 1. The number of hydrogen-bond acceptors (Lipinski definition) is 2. The van der Waals surface area contributed by atoms with Crippen LogP contribution >= 0.6 is 0 Å². The second-order valence-corrected chi connectivity index (χ2v) is 6.78. The molecule has 0 aliphatic heterocycles. The van der Waals surface area contributed by atoms with Gasteiger partial charge in [0.1, 0.15) is 0 Å². The first-order valence-electron chi connectivity index (χ1n) is 8.73. The molecule has 0 spiro atoms. The second kappa shape index (κ2) is 8.66. The Hall–Kier alpha value is -0.570. The quantitative estimate of drug-likeness (QED) is 0.757. The van der Waals surface area contributed by atoms with Crippen molar-refractivity contribution in [2.24, 2.45) is 5.92 Å². The van der Waals surface area contributed by atoms with Crippen molar-refractivity contribution < 1.29 is 9.90 Å². The summed E-state index contributed by atoms with van der Waals surface area (Å²) >= 11 is 0. The summed E-state index contributed by atoms with van der Waals surface area (Å²) in [5, 5.41) is 13.1. The maximum absolute atomic E-state index is 12.0. The lowest BCUT2D eigenvalue weighted by molar-refractivity contribution is -0.122. The van der Waals surface area contributed by atoms with Gasteiger partial charge < -0.3 is 10.4 Å². The largest absolute Gasteiger partial charge is 0.391 e. The van der Waals surface area contributed by atoms with Crippen molar-refractivity contribution in [3.63, 3.8) is 0 Å². The third kappa shape index (κ3) is 5.43. The van der Waals surface area contributed by atoms with Crippen molar-refractivity contribution >= 4 is 5.91 Å². The van der Waals surface area contributed by atoms with Crippen LogP contribution in [0.25, 0.3) is 0 Å². The van der Waals surface area contributed by atoms with Gasteiger partial charge in [0.2, 0.25) is 5.91 Å². The third-order valence-electron chi connectivity index (χ3n) is 5.07. The van der Waals surface area contributed by atoms with Crippen LogP contribution in [0.1, 0.15) is 83.5 Å². The van der Waals surface area contributed by atoms with Crippen molar-refractivity contribution in [3.05, 3.63) is 0 Å². The predicted molar refractivity (Wildman–Crippen MR) is 81.4 cm³/mol. The molecule has 0 aromatic heterocycles. The summed E-state index contributed by atoms with van der Waals surface area (Å²) in [6.07, 6.45) is 14.6. The number of hydrogen-bond donors (Lipinski definition) is 2. The number of aliphatic hydroxyl groups is 1. The van der Waals surface area contributed by atoms with Gasteiger partial charge in [-0.2, -0.15) is 0 Å². The minimum Gasteiger partial charge on any atom is -0.391 e. The van der Waals surface area contributed by atoms with Crippen LogP contribution in [0.5, 0.6) is 0 Å². The highest BCUT2D eigenvalue weighted by Gasteiger charge is 2.23. The Balaban J connectivity index is 1.61. The Morgan fingerprint density at radius 1 is 0.950 bits per heavy atom. The Morgan fingerprint density at radius 3 is 2.35 bits per heavy atom. The molecule has 3 heteroatoms. The molecule has 2 aliphatic carbocycles. The van der Waals surface area contributed by atoms with Crippen LogP contribution in [0.4, 0.5) is 0 Å². The SMILES string of the molecule is O=C(CCCC1CCCCC1)NC1CCCCCC1O. The minimum absolute atomic E-state index is 0.000296. The predicted octanol–water partition coefficient (Wildman–Crippen LogP) is 3.55. The number of carbonyl (C=O) groups excluding carboxylic acids is 1. The second-order valence-electron chi connectivity index (χ2n) is 6.78. The van der Waals surface area contributed by atoms with E-state index in [1.54, 1.807) is 0 Å². The van der Waals surface area contributed by atoms with Crippen LogP contribution in [0, 0.1) is 5.92 Å². The van der Waals surface area contributed by atoms with E-state index in [2.05, 4.69) is 5.32 Å². The van der Waals surface area contributed by atoms with Crippen LogP contribution in [0.15, 0.2) is 0 Å². The van der Waals surface area contributed by atoms with Gasteiger partial charge in [-0.05, 0) is 31.6 Å². The highest BCUT2D eigenvalue weighted by Crippen LogP contribution is 2.27. The molecular weight excluding hydrogens is 250 g/mol. The average molecular weight is 281 g/mol. The molecule has 2 unspecified atom stereocenters. The Labute approximate surface area is 123 Å². The summed E-state index contributed by atoms with van der Waals surface area (Å²) in [5.41, 5.74) is 0. The lowest BCUT2D eigenvalue weighted by atomic mass is 9.86. The van der Waals surface area contributed by atoms with E-state index in [1.165, 1.54) is 44.9 Å². The molecule has 3 nitrogen and oxygen atoms in total. The summed E-state index contributed by atoms with van der Waals surface area (Å²) in [6.45, 7) is 0. The van der Waals surface area contributed by atoms with E-state index in [9.17, 15) is 9.90 Å². The van der Waals surface area contributed by atoms with Crippen molar-refractivity contribution in [2.45, 2.75) is 95.6 Å². The zero-order valence-corrected chi connectivity index (χ0v) is 12.8. The molecular formula is C17H31NO2. The number of nitrogens with one attached hydrogen (secondary N) is 1. The van der Waals surface area contributed by atoms with Gasteiger partial charge in [-0.15, -0.1) is 0 Å². The van der Waals surface area contributed by atoms with Crippen LogP contribution in [0.3, 0.4) is 0 Å². The normalized spacial score (nSPS) is 28.9. The fourth-order valence-corrected chi connectivity index (χ4v) is 3.76. The highest BCUT2D eigenvalue weighted by molar-refractivity contribution is 5.76. The van der Waals surface area contributed by atoms with Crippen LogP contribution in [0.2, 0.25) is 0 Å². The molecule has 0 aromatic carbocycles. The van der Waals surface area contributed by atoms with Crippen molar-refractivity contribution in [1.82, 2.24) is 5.32 Å². The fourth-order valence-electron chi connectivity index (χ4n) is 3.76. The van der Waals surface area contributed by atoms with Crippen molar-refractivity contribution in [2.75, 3.05) is 0 Å². The van der Waals surface area contributed by atoms with Gasteiger partial charge in [0.25, 0.3) is 0 Å². The first kappa shape index (κ1) is 15.8. The van der Waals surface area contributed by atoms with Gasteiger partial charge in [-0.1, -0.05) is 51.4 Å². The Morgan fingerprint density at radius 2 is 1.60 bits per heavy atom. The first-order chi connectivity index (χ1) is 9.75. The van der Waals surface area contributed by atoms with Crippen molar-refractivity contribution in [1.29, 1.82) is 0 Å². The maximum Gasteiger partial charge on any atom is 0.220 e. The average Bonchev–Trinajstić information content (AvgIpc) is 2.65. The van der Waals surface area contributed by atoms with Crippen LogP contribution in [-0.2, 0) is 4.79 Å². The molecule has 2 aliphatic rings. The molecule has 0 radical (unpaired) electrons. The summed E-state index contributed by atoms with van der Waals surface area (Å²) in [5.74, 6) is 1.01. The molecule has 2 rings (SSSR count). The lowest BCUT2D eigenvalue weighted by Crippen LogP contribution is -2.42. The Kier molecular flexibility index (Phi) is 6.85. The molecule has 0 heterocycles. The van der Waals surface area contributed by atoms with E-state index in [0.717, 1.165) is 38.0 Å². The highest BCUT2D eigenvalue weighted by atomic mass is 16.3. The van der Waals surface area contributed by atoms with Crippen molar-refractivity contribution in [3.8, 4) is 0 Å². The lowest BCUT2D eigenvalue weighted by Gasteiger charge is -2.23. The van der Waals surface area contributed by atoms with Crippen LogP contribution < -0.4 is 5.32 Å². The molecule has 0 bridgehead atoms. The monoisotopic (exact) mass is 281 g/mol. The summed E-state index contributed by atoms with van der Waals surface area (Å²) in [7, 11) is 0. The Bertz CT molecular complexity index is 287. The molecule has 20 heavy (non-hydrogen) atoms. The van der Waals surface area contributed by atoms with Gasteiger partial charge in [-0.3, -0.25) is 4.79 Å². The van der Waals surface area contributed by atoms with Gasteiger partial charge in [0.05, 0.1) is 12.1 Å². The molecule has 2 atom stereocenters. The molecule has 2 saturated carbocycles. The van der Waals surface area contributed by atoms with Gasteiger partial charge in [0, 0.05) is 6.42 Å². The maximum atomic E-state index is 12.0. The third-order valence-corrected chi connectivity index (χ3v) is 5.07. The standard InChI is InChI=1S/C17H31NO2/c19-16-12-6-2-5-11-15(16)18-17(20)13-7-10-14-8-3-1-4-9-14/h14-16,19H,1-13H2,(H,18,20). The van der Waals surface area contributed by atoms with E-state index in [4.69, 9.17) is 0 Å². The van der Waals surface area contributed by atoms with Gasteiger partial charge >= 0.3 is 0 Å². The van der Waals surface area contributed by atoms with E-state index < -0.39 is 0 Å². The number of aliphatic hydroxyl groups excluding tert-OH is 1. The fraction of sp³-hybridized carbons (Fsp3) is 0.941. The molecule has 2 N–H and O–H groups in total. The van der Waals surface area contributed by atoms with Gasteiger partial charge in [0.15, 0.2) is 0 Å². The summed E-state index contributed by atoms with van der Waals surface area (Å²) in [6, 6.07) is -0.000296. The number of carbonyl (C=O) groups is 1. The molecule has 0 saturated heterocycles. The summed E-state index contributed by atoms with van der Waals surface area (Å²) < 4.78 is 0. The van der Waals surface area contributed by atoms with E-state index in [0.29, 0.717) is 6.42 Å². The molecule has 2 fully saturated rings. The summed E-state index contributed by atoms with van der Waals surface area (Å²) in [4.78, 5) is 12.0. The van der Waals surface area contributed by atoms with E-state index in [-0.39, 0.29) is 18.1 Å². The zero-order chi connectivity index (χ0) is 14.2. The topological polar surface area (TPSA) is 49.3 Å². The van der Waals surface area contributed by atoms with Crippen LogP contribution in [-0.4, -0.2) is 23.2 Å². The molecule has 0 aromatic rings. The van der Waals surface area contributed by atoms with E-state index in [1.807, 2.05) is 0 Å². The first-order valence-corrected chi connectivity index (χ1v) is 8.73.